The second-order valence-corrected chi connectivity index (χ2v) is 30.9. The van der Waals surface area contributed by atoms with Gasteiger partial charge in [0.15, 0.2) is 12.2 Å². The van der Waals surface area contributed by atoms with Crippen LogP contribution in [0.5, 0.6) is 0 Å². The average Bonchev–Trinajstić information content (AvgIpc) is 1.58. The molecule has 0 aromatic heterocycles. The summed E-state index contributed by atoms with van der Waals surface area (Å²) in [6.07, 6.45) is 60.1. The fourth-order valence-electron chi connectivity index (χ4n) is 11.8. The van der Waals surface area contributed by atoms with Crippen LogP contribution < -0.4 is 0 Å². The molecule has 3 unspecified atom stereocenters. The number of phosphoric ester groups is 2. The Balaban J connectivity index is 5.11. The number of hydrogen-bond donors (Lipinski definition) is 3. The highest BCUT2D eigenvalue weighted by molar-refractivity contribution is 7.47. The molecule has 0 heterocycles. The second-order valence-electron chi connectivity index (χ2n) is 28.0. The smallest absolute Gasteiger partial charge is 0.462 e. The Morgan fingerprint density at radius 3 is 0.740 bits per heavy atom. The molecule has 0 aliphatic rings. The number of aliphatic hydroxyl groups is 1. The highest BCUT2D eigenvalue weighted by Crippen LogP contribution is 2.45. The van der Waals surface area contributed by atoms with E-state index in [1.807, 2.05) is 0 Å². The quantitative estimate of drug-likeness (QED) is 0.0222. The summed E-state index contributed by atoms with van der Waals surface area (Å²) >= 11 is 0. The Bertz CT molecular complexity index is 1840. The van der Waals surface area contributed by atoms with Crippen molar-refractivity contribution in [3.63, 3.8) is 0 Å². The first-order chi connectivity index (χ1) is 46.6. The Morgan fingerprint density at radius 1 is 0.292 bits per heavy atom. The summed E-state index contributed by atoms with van der Waals surface area (Å²) in [5.74, 6) is -1.25. The third-order valence-corrected chi connectivity index (χ3v) is 20.3. The summed E-state index contributed by atoms with van der Waals surface area (Å²) in [5.41, 5.74) is 0. The van der Waals surface area contributed by atoms with Gasteiger partial charge in [0.25, 0.3) is 0 Å². The van der Waals surface area contributed by atoms with E-state index in [4.69, 9.17) is 37.0 Å². The number of ether oxygens (including phenoxy) is 4. The van der Waals surface area contributed by atoms with Gasteiger partial charge in [0.2, 0.25) is 0 Å². The number of carbonyl (C=O) groups excluding carboxylic acids is 4. The number of rotatable bonds is 77. The molecule has 0 rings (SSSR count). The van der Waals surface area contributed by atoms with E-state index in [-0.39, 0.29) is 25.7 Å². The molecule has 0 radical (unpaired) electrons. The number of hydrogen-bond acceptors (Lipinski definition) is 15. The van der Waals surface area contributed by atoms with Crippen molar-refractivity contribution >= 4 is 39.5 Å². The zero-order valence-electron chi connectivity index (χ0n) is 62.5. The van der Waals surface area contributed by atoms with Gasteiger partial charge in [0, 0.05) is 25.7 Å². The van der Waals surface area contributed by atoms with Gasteiger partial charge in [-0.1, -0.05) is 356 Å². The third kappa shape index (κ3) is 69.2. The van der Waals surface area contributed by atoms with Crippen molar-refractivity contribution < 1.29 is 80.2 Å². The first kappa shape index (κ1) is 94.1. The molecule has 0 saturated carbocycles. The number of unbranched alkanes of at least 4 members (excludes halogenated alkanes) is 48. The molecule has 0 aromatic rings. The summed E-state index contributed by atoms with van der Waals surface area (Å²) in [4.78, 5) is 72.5. The van der Waals surface area contributed by atoms with Gasteiger partial charge in [0.05, 0.1) is 26.4 Å². The lowest BCUT2D eigenvalue weighted by Crippen LogP contribution is -2.30. The van der Waals surface area contributed by atoms with Crippen molar-refractivity contribution in [1.82, 2.24) is 0 Å². The molecule has 0 aromatic carbocycles. The maximum absolute atomic E-state index is 13.1. The van der Waals surface area contributed by atoms with Crippen LogP contribution in [-0.2, 0) is 65.4 Å². The van der Waals surface area contributed by atoms with E-state index in [0.29, 0.717) is 25.7 Å². The first-order valence-corrected chi connectivity index (χ1v) is 43.2. The van der Waals surface area contributed by atoms with E-state index in [2.05, 4.69) is 34.6 Å². The Labute approximate surface area is 588 Å². The van der Waals surface area contributed by atoms with Gasteiger partial charge in [-0.2, -0.15) is 0 Å². The fraction of sp³-hybridized carbons (Fsp3) is 0.948. The van der Waals surface area contributed by atoms with Gasteiger partial charge in [-0.25, -0.2) is 9.13 Å². The lowest BCUT2D eigenvalue weighted by Gasteiger charge is -2.21. The van der Waals surface area contributed by atoms with Crippen molar-refractivity contribution in [2.75, 3.05) is 39.6 Å². The molecule has 0 spiro atoms. The molecule has 0 fully saturated rings. The van der Waals surface area contributed by atoms with Crippen molar-refractivity contribution in [2.45, 2.75) is 425 Å². The van der Waals surface area contributed by atoms with Crippen molar-refractivity contribution in [2.24, 2.45) is 5.92 Å². The molecule has 6 atom stereocenters. The lowest BCUT2D eigenvalue weighted by molar-refractivity contribution is -0.161. The van der Waals surface area contributed by atoms with Crippen LogP contribution in [0.1, 0.15) is 407 Å². The molecular formula is C77H150O17P2. The highest BCUT2D eigenvalue weighted by atomic mass is 31.2. The van der Waals surface area contributed by atoms with Crippen LogP contribution in [0.15, 0.2) is 0 Å². The summed E-state index contributed by atoms with van der Waals surface area (Å²) in [6.45, 7) is 7.28. The van der Waals surface area contributed by atoms with E-state index in [1.54, 1.807) is 0 Å². The van der Waals surface area contributed by atoms with Crippen molar-refractivity contribution in [3.8, 4) is 0 Å². The predicted octanol–water partition coefficient (Wildman–Crippen LogP) is 22.9. The van der Waals surface area contributed by atoms with Crippen LogP contribution in [-0.4, -0.2) is 96.7 Å². The predicted molar refractivity (Wildman–Crippen MR) is 391 cm³/mol. The van der Waals surface area contributed by atoms with Crippen LogP contribution in [0.4, 0.5) is 0 Å². The molecule has 96 heavy (non-hydrogen) atoms. The van der Waals surface area contributed by atoms with E-state index < -0.39 is 97.5 Å². The standard InChI is InChI=1S/C77H150O17P2/c1-6-10-13-16-18-20-22-24-25-28-32-35-39-42-46-51-56-61-75(80)88-67-73(94-77(82)63-58-53-48-44-40-36-33-30-27-26-29-31-34-37-41-45-50-54-59-70(5)9-4)69-92-96(85,86)90-65-71(78)64-89-95(83,84)91-68-72(66-87-74(79)60-55-49-15-12-8-3)93-76(81)62-57-52-47-43-38-23-21-19-17-14-11-7-2/h70-73,78H,6-69H2,1-5H3,(H,83,84)(H,85,86)/t70?,71-,72+,73+/m0/s1. The minimum absolute atomic E-state index is 0.107. The normalized spacial score (nSPS) is 14.2. The minimum atomic E-state index is -4.96. The molecule has 0 amide bonds. The molecule has 0 aliphatic heterocycles. The van der Waals surface area contributed by atoms with Crippen LogP contribution in [0, 0.1) is 5.92 Å². The third-order valence-electron chi connectivity index (χ3n) is 18.4. The number of phosphoric acid groups is 2. The molecule has 0 aliphatic carbocycles. The minimum Gasteiger partial charge on any atom is -0.462 e. The topological polar surface area (TPSA) is 237 Å². The summed E-state index contributed by atoms with van der Waals surface area (Å²) in [7, 11) is -9.90. The molecule has 17 nitrogen and oxygen atoms in total. The van der Waals surface area contributed by atoms with Crippen LogP contribution in [0.25, 0.3) is 0 Å². The van der Waals surface area contributed by atoms with Gasteiger partial charge in [0.1, 0.15) is 19.3 Å². The zero-order valence-corrected chi connectivity index (χ0v) is 64.3. The van der Waals surface area contributed by atoms with E-state index in [9.17, 15) is 43.2 Å². The molecular weight excluding hydrogens is 1260 g/mol. The summed E-state index contributed by atoms with van der Waals surface area (Å²) in [6, 6.07) is 0. The molecule has 3 N–H and O–H groups in total. The number of aliphatic hydroxyl groups excluding tert-OH is 1. The van der Waals surface area contributed by atoms with Gasteiger partial charge in [-0.3, -0.25) is 37.3 Å². The average molecular weight is 1410 g/mol. The second kappa shape index (κ2) is 70.1. The van der Waals surface area contributed by atoms with E-state index in [1.165, 1.54) is 225 Å². The highest BCUT2D eigenvalue weighted by Gasteiger charge is 2.30. The van der Waals surface area contributed by atoms with E-state index in [0.717, 1.165) is 102 Å². The number of esters is 4. The summed E-state index contributed by atoms with van der Waals surface area (Å²) < 4.78 is 68.3. The molecule has 19 heteroatoms. The molecule has 570 valence electrons. The molecule has 0 bridgehead atoms. The number of carbonyl (C=O) groups is 4. The first-order valence-electron chi connectivity index (χ1n) is 40.2. The lowest BCUT2D eigenvalue weighted by atomic mass is 9.99. The Hall–Kier alpha value is -1.94. The van der Waals surface area contributed by atoms with Crippen LogP contribution in [0.3, 0.4) is 0 Å². The van der Waals surface area contributed by atoms with Gasteiger partial charge < -0.3 is 33.8 Å². The Morgan fingerprint density at radius 2 is 0.500 bits per heavy atom. The SMILES string of the molecule is CCCCCCCCCCCCCCCCCCCC(=O)OC[C@H](COP(=O)(O)OC[C@@H](O)COP(=O)(O)OC[C@@H](COC(=O)CCCCCCC)OC(=O)CCCCCCCCCCCCCC)OC(=O)CCCCCCCCCCCCCCCCCCCCC(C)CC. The maximum atomic E-state index is 13.1. The summed E-state index contributed by atoms with van der Waals surface area (Å²) in [5, 5.41) is 10.6. The van der Waals surface area contributed by atoms with Crippen molar-refractivity contribution in [1.29, 1.82) is 0 Å². The van der Waals surface area contributed by atoms with Crippen LogP contribution in [0.2, 0.25) is 0 Å². The van der Waals surface area contributed by atoms with E-state index >= 15 is 0 Å². The van der Waals surface area contributed by atoms with Gasteiger partial charge in [-0.15, -0.1) is 0 Å². The largest absolute Gasteiger partial charge is 0.472 e. The van der Waals surface area contributed by atoms with Gasteiger partial charge in [-0.05, 0) is 31.6 Å². The fourth-order valence-corrected chi connectivity index (χ4v) is 13.4. The Kier molecular flexibility index (Phi) is 68.7. The van der Waals surface area contributed by atoms with Crippen molar-refractivity contribution in [3.05, 3.63) is 0 Å². The maximum Gasteiger partial charge on any atom is 0.472 e. The zero-order chi connectivity index (χ0) is 70.5. The van der Waals surface area contributed by atoms with Gasteiger partial charge >= 0.3 is 39.5 Å². The van der Waals surface area contributed by atoms with Crippen LogP contribution >= 0.6 is 15.6 Å². The monoisotopic (exact) mass is 1410 g/mol. The molecule has 0 saturated heterocycles.